The number of carbonyl (C=O) groups is 2. The molecule has 200 valence electrons. The number of nitrogen functional groups attached to an aromatic ring is 1. The molecule has 0 spiro atoms. The van der Waals surface area contributed by atoms with E-state index in [1.165, 1.54) is 6.08 Å². The lowest BCUT2D eigenvalue weighted by atomic mass is 9.93. The van der Waals surface area contributed by atoms with Gasteiger partial charge in [-0.2, -0.15) is 0 Å². The van der Waals surface area contributed by atoms with Gasteiger partial charge in [-0.3, -0.25) is 9.59 Å². The zero-order valence-electron chi connectivity index (χ0n) is 21.5. The number of fused-ring (bicyclic) bond motifs is 1. The molecule has 0 atom stereocenters. The van der Waals surface area contributed by atoms with Gasteiger partial charge in [0.2, 0.25) is 5.91 Å². The van der Waals surface area contributed by atoms with Crippen LogP contribution in [0.5, 0.6) is 0 Å². The molecule has 0 unspecified atom stereocenters. The van der Waals surface area contributed by atoms with Crippen molar-refractivity contribution in [1.29, 1.82) is 0 Å². The van der Waals surface area contributed by atoms with Crippen molar-refractivity contribution in [3.63, 3.8) is 0 Å². The van der Waals surface area contributed by atoms with E-state index in [1.807, 2.05) is 49.4 Å². The maximum atomic E-state index is 12.9. The van der Waals surface area contributed by atoms with Crippen LogP contribution < -0.4 is 11.1 Å². The minimum atomic E-state index is -0.704. The number of hydrogen-bond donors (Lipinski definition) is 3. The average Bonchev–Trinajstić information content (AvgIpc) is 3.35. The number of halogens is 1. The van der Waals surface area contributed by atoms with Crippen LogP contribution in [-0.2, 0) is 11.3 Å². The highest BCUT2D eigenvalue weighted by Gasteiger charge is 2.30. The monoisotopic (exact) mass is 544 g/mol. The highest BCUT2D eigenvalue weighted by Crippen LogP contribution is 2.33. The molecule has 4 N–H and O–H groups in total. The van der Waals surface area contributed by atoms with Gasteiger partial charge in [0.25, 0.3) is 5.91 Å². The second-order valence-electron chi connectivity index (χ2n) is 10.0. The molecule has 0 bridgehead atoms. The number of aromatic nitrogens is 1. The molecule has 9 heteroatoms. The van der Waals surface area contributed by atoms with E-state index < -0.39 is 5.60 Å². The molecule has 8 nitrogen and oxygen atoms in total. The molecule has 1 aliphatic heterocycles. The number of nitrogens with one attached hydrogen (secondary N) is 1. The van der Waals surface area contributed by atoms with E-state index in [0.29, 0.717) is 53.7 Å². The van der Waals surface area contributed by atoms with Gasteiger partial charge in [0.05, 0.1) is 17.2 Å². The summed E-state index contributed by atoms with van der Waals surface area (Å²) >= 11 is 6.53. The highest BCUT2D eigenvalue weighted by atomic mass is 35.5. The Labute approximate surface area is 231 Å². The van der Waals surface area contributed by atoms with Crippen molar-refractivity contribution in [2.24, 2.45) is 0 Å². The number of anilines is 1. The number of nitrogens with zero attached hydrogens (tertiary/aromatic N) is 2. The van der Waals surface area contributed by atoms with Gasteiger partial charge in [0, 0.05) is 36.3 Å². The molecule has 2 aromatic carbocycles. The summed E-state index contributed by atoms with van der Waals surface area (Å²) in [6, 6.07) is 16.5. The summed E-state index contributed by atoms with van der Waals surface area (Å²) in [5.41, 5.74) is 8.58. The topological polar surface area (TPSA) is 122 Å². The maximum Gasteiger partial charge on any atom is 0.253 e. The molecule has 0 aliphatic carbocycles. The van der Waals surface area contributed by atoms with E-state index in [1.54, 1.807) is 29.3 Å². The zero-order valence-corrected chi connectivity index (χ0v) is 22.2. The highest BCUT2D eigenvalue weighted by molar-refractivity contribution is 6.35. The predicted octanol–water partition coefficient (Wildman–Crippen LogP) is 5.05. The van der Waals surface area contributed by atoms with Crippen LogP contribution in [0.25, 0.3) is 28.2 Å². The van der Waals surface area contributed by atoms with E-state index in [9.17, 15) is 14.7 Å². The Morgan fingerprint density at radius 2 is 1.87 bits per heavy atom. The van der Waals surface area contributed by atoms with Crippen LogP contribution in [0.4, 0.5) is 5.82 Å². The SMILES string of the molecule is CC1(O)CCN(C(=O)c2ccc(-c3cc(Cl)c4oc(CNC(=O)C=Cc5ccc(N)nc5)cc4c3)cc2)CC1. The van der Waals surface area contributed by atoms with Gasteiger partial charge < -0.3 is 25.5 Å². The molecule has 3 heterocycles. The van der Waals surface area contributed by atoms with Crippen molar-refractivity contribution in [3.8, 4) is 11.1 Å². The third-order valence-electron chi connectivity index (χ3n) is 6.89. The van der Waals surface area contributed by atoms with Crippen LogP contribution in [-0.4, -0.2) is 45.5 Å². The van der Waals surface area contributed by atoms with Gasteiger partial charge in [0.15, 0.2) is 5.58 Å². The molecule has 0 radical (unpaired) electrons. The number of piperidine rings is 1. The molecule has 2 aromatic heterocycles. The fourth-order valence-electron chi connectivity index (χ4n) is 4.52. The summed E-state index contributed by atoms with van der Waals surface area (Å²) < 4.78 is 5.89. The number of likely N-dealkylation sites (tertiary alicyclic amines) is 1. The van der Waals surface area contributed by atoms with Crippen LogP contribution in [0.1, 0.15) is 41.4 Å². The lowest BCUT2D eigenvalue weighted by Gasteiger charge is -2.35. The van der Waals surface area contributed by atoms with Crippen molar-refractivity contribution >= 4 is 46.3 Å². The Morgan fingerprint density at radius 1 is 1.13 bits per heavy atom. The molecule has 2 amide bonds. The van der Waals surface area contributed by atoms with Crippen LogP contribution >= 0.6 is 11.6 Å². The summed E-state index contributed by atoms with van der Waals surface area (Å²) in [6.07, 6.45) is 5.81. The molecular weight excluding hydrogens is 516 g/mol. The van der Waals surface area contributed by atoms with Crippen LogP contribution in [0.3, 0.4) is 0 Å². The van der Waals surface area contributed by atoms with Gasteiger partial charge in [-0.15, -0.1) is 0 Å². The molecule has 4 aromatic rings. The Balaban J connectivity index is 1.24. The number of nitrogens with two attached hydrogens (primary N) is 1. The molecule has 39 heavy (non-hydrogen) atoms. The summed E-state index contributed by atoms with van der Waals surface area (Å²) in [4.78, 5) is 30.9. The largest absolute Gasteiger partial charge is 0.458 e. The van der Waals surface area contributed by atoms with Crippen molar-refractivity contribution in [2.45, 2.75) is 31.9 Å². The normalized spacial score (nSPS) is 15.1. The molecule has 1 fully saturated rings. The van der Waals surface area contributed by atoms with Gasteiger partial charge in [-0.1, -0.05) is 23.7 Å². The molecule has 5 rings (SSSR count). The number of benzene rings is 2. The number of aliphatic hydroxyl groups is 1. The van der Waals surface area contributed by atoms with Crippen molar-refractivity contribution in [1.82, 2.24) is 15.2 Å². The van der Waals surface area contributed by atoms with Gasteiger partial charge in [0.1, 0.15) is 11.6 Å². The molecule has 0 saturated carbocycles. The average molecular weight is 545 g/mol. The summed E-state index contributed by atoms with van der Waals surface area (Å²) in [5, 5.41) is 14.2. The molecule has 1 aliphatic rings. The number of pyridine rings is 1. The first-order valence-corrected chi connectivity index (χ1v) is 13.1. The minimum Gasteiger partial charge on any atom is -0.458 e. The minimum absolute atomic E-state index is 0.0352. The summed E-state index contributed by atoms with van der Waals surface area (Å²) in [6.45, 7) is 3.09. The van der Waals surface area contributed by atoms with Gasteiger partial charge in [-0.05, 0) is 85.0 Å². The van der Waals surface area contributed by atoms with E-state index in [-0.39, 0.29) is 18.4 Å². The second kappa shape index (κ2) is 10.9. The first kappa shape index (κ1) is 26.5. The van der Waals surface area contributed by atoms with Crippen LogP contribution in [0.15, 0.2) is 71.3 Å². The lowest BCUT2D eigenvalue weighted by molar-refractivity contribution is -0.116. The van der Waals surface area contributed by atoms with Crippen molar-refractivity contribution in [3.05, 3.63) is 88.8 Å². The van der Waals surface area contributed by atoms with Crippen LogP contribution in [0, 0.1) is 0 Å². The number of furan rings is 1. The van der Waals surface area contributed by atoms with Crippen molar-refractivity contribution in [2.75, 3.05) is 18.8 Å². The van der Waals surface area contributed by atoms with E-state index >= 15 is 0 Å². The van der Waals surface area contributed by atoms with Gasteiger partial charge in [-0.25, -0.2) is 4.98 Å². The third kappa shape index (κ3) is 6.30. The fourth-order valence-corrected chi connectivity index (χ4v) is 4.78. The number of amides is 2. The Morgan fingerprint density at radius 3 is 2.56 bits per heavy atom. The van der Waals surface area contributed by atoms with E-state index in [4.69, 9.17) is 21.8 Å². The van der Waals surface area contributed by atoms with Gasteiger partial charge >= 0.3 is 0 Å². The van der Waals surface area contributed by atoms with E-state index in [0.717, 1.165) is 22.1 Å². The molecular formula is C30H29ClN4O4. The lowest BCUT2D eigenvalue weighted by Crippen LogP contribution is -2.45. The maximum absolute atomic E-state index is 12.9. The zero-order chi connectivity index (χ0) is 27.6. The first-order valence-electron chi connectivity index (χ1n) is 12.7. The third-order valence-corrected chi connectivity index (χ3v) is 7.17. The Kier molecular flexibility index (Phi) is 7.41. The number of hydrogen-bond acceptors (Lipinski definition) is 6. The predicted molar refractivity (Wildman–Crippen MR) is 152 cm³/mol. The summed E-state index contributed by atoms with van der Waals surface area (Å²) in [5.74, 6) is 0.678. The number of carbonyl (C=O) groups excluding carboxylic acids is 2. The number of rotatable bonds is 6. The Hall–Kier alpha value is -4.14. The van der Waals surface area contributed by atoms with E-state index in [2.05, 4.69) is 10.3 Å². The first-order chi connectivity index (χ1) is 18.7. The molecule has 1 saturated heterocycles. The van der Waals surface area contributed by atoms with Crippen molar-refractivity contribution < 1.29 is 19.1 Å². The summed E-state index contributed by atoms with van der Waals surface area (Å²) in [7, 11) is 0. The second-order valence-corrected chi connectivity index (χ2v) is 10.4. The quantitative estimate of drug-likeness (QED) is 0.292. The smallest absolute Gasteiger partial charge is 0.253 e. The Bertz CT molecular complexity index is 1530. The fraction of sp³-hybridized carbons (Fsp3) is 0.233. The standard InChI is InChI=1S/C30H29ClN4O4/c1-30(38)10-12-35(13-11-30)29(37)21-6-4-20(5-7-21)22-14-23-15-24(39-28(23)25(31)16-22)18-34-27(36)9-3-19-2-8-26(32)33-17-19/h2-9,14-17,38H,10-13,18H2,1H3,(H2,32,33)(H,34,36). The van der Waals surface area contributed by atoms with Crippen LogP contribution in [0.2, 0.25) is 5.02 Å².